The van der Waals surface area contributed by atoms with Gasteiger partial charge in [0.2, 0.25) is 0 Å². The number of hydrogen-bond donors (Lipinski definition) is 1. The molecule has 0 spiro atoms. The van der Waals surface area contributed by atoms with Crippen molar-refractivity contribution in [2.45, 2.75) is 38.3 Å². The molecule has 0 aromatic carbocycles. The first kappa shape index (κ1) is 11.3. The smallest absolute Gasteiger partial charge is 0.132 e. The number of pyridine rings is 1. The second-order valence-electron chi connectivity index (χ2n) is 5.05. The fourth-order valence-electron chi connectivity index (χ4n) is 3.09. The van der Waals surface area contributed by atoms with Crippen molar-refractivity contribution in [3.05, 3.63) is 23.0 Å². The Morgan fingerprint density at radius 1 is 1.47 bits per heavy atom. The number of piperidine rings is 1. The summed E-state index contributed by atoms with van der Waals surface area (Å²) in [4.78, 5) is 6.78. The average molecular weight is 252 g/mol. The van der Waals surface area contributed by atoms with Gasteiger partial charge in [0.05, 0.1) is 11.9 Å². The van der Waals surface area contributed by atoms with Crippen molar-refractivity contribution in [2.75, 3.05) is 18.0 Å². The van der Waals surface area contributed by atoms with Gasteiger partial charge in [0.15, 0.2) is 0 Å². The zero-order valence-corrected chi connectivity index (χ0v) is 10.9. The minimum Gasteiger partial charge on any atom is -0.366 e. The Labute approximate surface area is 107 Å². The van der Waals surface area contributed by atoms with Gasteiger partial charge >= 0.3 is 0 Å². The zero-order chi connectivity index (χ0) is 11.8. The molecule has 0 bridgehead atoms. The molecule has 2 aliphatic heterocycles. The molecule has 0 aliphatic carbocycles. The lowest BCUT2D eigenvalue weighted by atomic mass is 9.97. The van der Waals surface area contributed by atoms with Crippen LogP contribution in [0.15, 0.2) is 12.3 Å². The lowest BCUT2D eigenvalue weighted by Gasteiger charge is -2.39. The van der Waals surface area contributed by atoms with Crippen molar-refractivity contribution in [3.63, 3.8) is 0 Å². The highest BCUT2D eigenvalue weighted by atomic mass is 35.5. The maximum Gasteiger partial charge on any atom is 0.132 e. The van der Waals surface area contributed by atoms with E-state index in [-0.39, 0.29) is 0 Å². The minimum absolute atomic E-state index is 0.617. The molecule has 0 amide bonds. The maximum absolute atomic E-state index is 5.99. The molecule has 3 rings (SSSR count). The third-order valence-corrected chi connectivity index (χ3v) is 4.35. The van der Waals surface area contributed by atoms with E-state index in [4.69, 9.17) is 11.6 Å². The molecular weight excluding hydrogens is 234 g/mol. The van der Waals surface area contributed by atoms with Crippen LogP contribution < -0.4 is 10.2 Å². The molecule has 92 valence electrons. The van der Waals surface area contributed by atoms with E-state index in [1.807, 2.05) is 13.1 Å². The van der Waals surface area contributed by atoms with Crippen molar-refractivity contribution in [1.82, 2.24) is 10.3 Å². The van der Waals surface area contributed by atoms with Crippen LogP contribution in [0, 0.1) is 6.92 Å². The van der Waals surface area contributed by atoms with Crippen molar-refractivity contribution in [1.29, 1.82) is 0 Å². The van der Waals surface area contributed by atoms with Crippen molar-refractivity contribution >= 4 is 17.3 Å². The Bertz CT molecular complexity index is 421. The molecule has 0 unspecified atom stereocenters. The van der Waals surface area contributed by atoms with Crippen LogP contribution in [0.3, 0.4) is 0 Å². The number of nitrogens with zero attached hydrogens (tertiary/aromatic N) is 2. The molecular formula is C13H18ClN3. The molecule has 1 aromatic rings. The molecule has 2 aliphatic rings. The summed E-state index contributed by atoms with van der Waals surface area (Å²) in [5.74, 6) is 0. The second kappa shape index (κ2) is 4.46. The first-order valence-electron chi connectivity index (χ1n) is 6.38. The first-order chi connectivity index (χ1) is 8.25. The number of anilines is 1. The monoisotopic (exact) mass is 251 g/mol. The molecule has 3 nitrogen and oxygen atoms in total. The van der Waals surface area contributed by atoms with Crippen LogP contribution in [0.25, 0.3) is 0 Å². The van der Waals surface area contributed by atoms with Crippen molar-refractivity contribution in [2.24, 2.45) is 0 Å². The van der Waals surface area contributed by atoms with Gasteiger partial charge in [-0.25, -0.2) is 4.98 Å². The summed E-state index contributed by atoms with van der Waals surface area (Å²) in [5.41, 5.74) is 2.29. The number of nitrogens with one attached hydrogen (secondary N) is 1. The number of hydrogen-bond acceptors (Lipinski definition) is 3. The predicted octanol–water partition coefficient (Wildman–Crippen LogP) is 2.37. The van der Waals surface area contributed by atoms with Gasteiger partial charge in [-0.1, -0.05) is 11.6 Å². The second-order valence-corrected chi connectivity index (χ2v) is 5.41. The third kappa shape index (κ3) is 2.02. The topological polar surface area (TPSA) is 28.2 Å². The van der Waals surface area contributed by atoms with Gasteiger partial charge in [-0.15, -0.1) is 0 Å². The summed E-state index contributed by atoms with van der Waals surface area (Å²) in [6, 6.07) is 3.47. The molecule has 4 heteroatoms. The Morgan fingerprint density at radius 3 is 3.18 bits per heavy atom. The molecule has 0 radical (unpaired) electrons. The van der Waals surface area contributed by atoms with Crippen LogP contribution >= 0.6 is 11.6 Å². The highest BCUT2D eigenvalue weighted by Gasteiger charge is 2.34. The normalized spacial score (nSPS) is 28.2. The zero-order valence-electron chi connectivity index (χ0n) is 10.1. The van der Waals surface area contributed by atoms with E-state index in [2.05, 4.69) is 21.3 Å². The summed E-state index contributed by atoms with van der Waals surface area (Å²) < 4.78 is 0. The SMILES string of the molecule is Cc1cc(N2CCC[C@H]3NCC[C@H]32)cnc1Cl. The summed E-state index contributed by atoms with van der Waals surface area (Å²) >= 11 is 5.99. The van der Waals surface area contributed by atoms with E-state index in [0.29, 0.717) is 17.2 Å². The number of fused-ring (bicyclic) bond motifs is 1. The molecule has 2 saturated heterocycles. The van der Waals surface area contributed by atoms with Crippen LogP contribution in [0.2, 0.25) is 5.15 Å². The summed E-state index contributed by atoms with van der Waals surface area (Å²) in [5, 5.41) is 4.21. The Balaban J connectivity index is 1.89. The molecule has 17 heavy (non-hydrogen) atoms. The Morgan fingerprint density at radius 2 is 2.35 bits per heavy atom. The van der Waals surface area contributed by atoms with Gasteiger partial charge in [-0.3, -0.25) is 0 Å². The van der Waals surface area contributed by atoms with Crippen LogP contribution in [-0.2, 0) is 0 Å². The predicted molar refractivity (Wildman–Crippen MR) is 70.8 cm³/mol. The summed E-state index contributed by atoms with van der Waals surface area (Å²) in [6.45, 7) is 4.31. The molecule has 2 fully saturated rings. The van der Waals surface area contributed by atoms with E-state index < -0.39 is 0 Å². The first-order valence-corrected chi connectivity index (χ1v) is 6.75. The maximum atomic E-state index is 5.99. The fourth-order valence-corrected chi connectivity index (χ4v) is 3.19. The van der Waals surface area contributed by atoms with Gasteiger partial charge in [0.1, 0.15) is 5.15 Å². The van der Waals surface area contributed by atoms with Crippen LogP contribution in [0.4, 0.5) is 5.69 Å². The van der Waals surface area contributed by atoms with Crippen LogP contribution in [-0.4, -0.2) is 30.2 Å². The summed E-state index contributed by atoms with van der Waals surface area (Å²) in [6.07, 6.45) is 5.72. The van der Waals surface area contributed by atoms with Gasteiger partial charge in [-0.2, -0.15) is 0 Å². The third-order valence-electron chi connectivity index (χ3n) is 3.96. The highest BCUT2D eigenvalue weighted by molar-refractivity contribution is 6.30. The molecule has 3 heterocycles. The quantitative estimate of drug-likeness (QED) is 0.777. The highest BCUT2D eigenvalue weighted by Crippen LogP contribution is 2.30. The van der Waals surface area contributed by atoms with E-state index >= 15 is 0 Å². The van der Waals surface area contributed by atoms with E-state index in [1.54, 1.807) is 0 Å². The Kier molecular flexibility index (Phi) is 2.97. The van der Waals surface area contributed by atoms with Gasteiger partial charge in [-0.05, 0) is 44.4 Å². The lowest BCUT2D eigenvalue weighted by molar-refractivity contribution is 0.412. The number of rotatable bonds is 1. The molecule has 1 N–H and O–H groups in total. The number of aromatic nitrogens is 1. The molecule has 2 atom stereocenters. The van der Waals surface area contributed by atoms with Gasteiger partial charge < -0.3 is 10.2 Å². The van der Waals surface area contributed by atoms with Gasteiger partial charge in [0.25, 0.3) is 0 Å². The van der Waals surface area contributed by atoms with E-state index in [9.17, 15) is 0 Å². The Hall–Kier alpha value is -0.800. The van der Waals surface area contributed by atoms with Crippen molar-refractivity contribution in [3.8, 4) is 0 Å². The summed E-state index contributed by atoms with van der Waals surface area (Å²) in [7, 11) is 0. The van der Waals surface area contributed by atoms with Gasteiger partial charge in [0, 0.05) is 18.6 Å². The minimum atomic E-state index is 0.617. The van der Waals surface area contributed by atoms with Crippen molar-refractivity contribution < 1.29 is 0 Å². The average Bonchev–Trinajstić information content (AvgIpc) is 2.80. The number of aryl methyl sites for hydroxylation is 1. The van der Waals surface area contributed by atoms with Crippen LogP contribution in [0.5, 0.6) is 0 Å². The lowest BCUT2D eigenvalue weighted by Crippen LogP contribution is -2.48. The van der Waals surface area contributed by atoms with Crippen LogP contribution in [0.1, 0.15) is 24.8 Å². The molecule has 0 saturated carbocycles. The largest absolute Gasteiger partial charge is 0.366 e. The number of halogens is 1. The molecule has 1 aromatic heterocycles. The van der Waals surface area contributed by atoms with E-state index in [0.717, 1.165) is 18.7 Å². The fraction of sp³-hybridized carbons (Fsp3) is 0.615. The van der Waals surface area contributed by atoms with E-state index in [1.165, 1.54) is 24.9 Å². The standard InChI is InChI=1S/C13H18ClN3/c1-9-7-10(8-16-13(9)14)17-6-2-3-11-12(17)4-5-15-11/h7-8,11-12,15H,2-6H2,1H3/t11-,12-/m1/s1.